The third-order valence-corrected chi connectivity index (χ3v) is 14.7. The van der Waals surface area contributed by atoms with E-state index < -0.39 is 17.7 Å². The predicted octanol–water partition coefficient (Wildman–Crippen LogP) is 7.19. The Labute approximate surface area is 361 Å². The number of pyridine rings is 1. The second-order valence-corrected chi connectivity index (χ2v) is 18.4. The number of fused-ring (bicyclic) bond motifs is 4. The highest BCUT2D eigenvalue weighted by atomic mass is 32.1. The van der Waals surface area contributed by atoms with Gasteiger partial charge in [0.25, 0.3) is 0 Å². The summed E-state index contributed by atoms with van der Waals surface area (Å²) in [6.45, 7) is 2.52. The van der Waals surface area contributed by atoms with E-state index in [4.69, 9.17) is 4.74 Å². The largest absolute Gasteiger partial charge is 0.506 e. The summed E-state index contributed by atoms with van der Waals surface area (Å²) in [6, 6.07) is 26.2. The fourth-order valence-corrected chi connectivity index (χ4v) is 11.2. The third kappa shape index (κ3) is 8.28. The number of aryl methyl sites for hydroxylation is 2. The van der Waals surface area contributed by atoms with Crippen LogP contribution in [0.2, 0.25) is 0 Å². The van der Waals surface area contributed by atoms with Gasteiger partial charge in [-0.05, 0) is 135 Å². The summed E-state index contributed by atoms with van der Waals surface area (Å²) < 4.78 is 8.19. The number of H-pyrrole nitrogens is 1. The zero-order valence-electron chi connectivity index (χ0n) is 34.0. The summed E-state index contributed by atoms with van der Waals surface area (Å²) in [5.41, 5.74) is 5.64. The van der Waals surface area contributed by atoms with Gasteiger partial charge in [0, 0.05) is 42.0 Å². The number of esters is 1. The summed E-state index contributed by atoms with van der Waals surface area (Å²) in [7, 11) is 2.17. The number of aromatic hydroxyl groups is 1. The number of carbonyl (C=O) groups is 1. The lowest BCUT2D eigenvalue weighted by Crippen LogP contribution is -2.42. The number of phenolic OH excluding ortho intramolecular Hbond substituents is 1. The zero-order chi connectivity index (χ0) is 42.1. The molecule has 61 heavy (non-hydrogen) atoms. The van der Waals surface area contributed by atoms with Crippen LogP contribution < -0.4 is 10.9 Å². The maximum absolute atomic E-state index is 13.9. The molecule has 2 aliphatic rings. The highest BCUT2D eigenvalue weighted by Gasteiger charge is 2.45. The van der Waals surface area contributed by atoms with Crippen LogP contribution in [0.15, 0.2) is 95.1 Å². The van der Waals surface area contributed by atoms with E-state index in [2.05, 4.69) is 43.3 Å². The number of aromatic amines is 1. The van der Waals surface area contributed by atoms with Gasteiger partial charge in [-0.3, -0.25) is 4.79 Å². The van der Waals surface area contributed by atoms with Crippen LogP contribution in [0.5, 0.6) is 5.75 Å². The Hall–Kier alpha value is -5.22. The number of nitrogens with one attached hydrogen (secondary N) is 2. The number of carbonyl (C=O) groups excluding carboxylic acids is 1. The Morgan fingerprint density at radius 3 is 2.64 bits per heavy atom. The Morgan fingerprint density at radius 1 is 1.02 bits per heavy atom. The molecule has 12 nitrogen and oxygen atoms in total. The molecule has 4 aromatic heterocycles. The number of phenols is 1. The number of aliphatic hydroxyl groups is 2. The van der Waals surface area contributed by atoms with E-state index in [1.165, 1.54) is 51.5 Å². The van der Waals surface area contributed by atoms with Crippen molar-refractivity contribution in [3.63, 3.8) is 0 Å². The van der Waals surface area contributed by atoms with Gasteiger partial charge in [-0.2, -0.15) is 0 Å². The van der Waals surface area contributed by atoms with Crippen LogP contribution in [-0.2, 0) is 41.1 Å². The minimum atomic E-state index is -1.86. The van der Waals surface area contributed by atoms with Gasteiger partial charge in [-0.15, -0.1) is 27.8 Å². The fourth-order valence-electron chi connectivity index (χ4n) is 9.25. The number of aliphatic hydroxyl groups excluding tert-OH is 1. The van der Waals surface area contributed by atoms with Crippen molar-refractivity contribution in [3.8, 4) is 16.2 Å². The molecule has 1 fully saturated rings. The maximum atomic E-state index is 13.9. The number of nitrogens with zero attached hydrogens (tertiary/aromatic N) is 4. The molecule has 2 atom stereocenters. The van der Waals surface area contributed by atoms with Crippen molar-refractivity contribution in [1.29, 1.82) is 0 Å². The molecule has 0 amide bonds. The number of rotatable bonds is 15. The highest BCUT2D eigenvalue weighted by Crippen LogP contribution is 2.42. The summed E-state index contributed by atoms with van der Waals surface area (Å²) >= 11 is 2.78. The first-order chi connectivity index (χ1) is 29.7. The van der Waals surface area contributed by atoms with Crippen LogP contribution in [-0.4, -0.2) is 78.4 Å². The van der Waals surface area contributed by atoms with E-state index in [9.17, 15) is 24.9 Å². The normalized spacial score (nSPS) is 18.1. The minimum absolute atomic E-state index is 0.0331. The number of aromatic nitrogens is 4. The third-order valence-electron chi connectivity index (χ3n) is 12.5. The minimum Gasteiger partial charge on any atom is -0.506 e. The molecule has 4 heterocycles. The van der Waals surface area contributed by atoms with Crippen molar-refractivity contribution in [1.82, 2.24) is 30.2 Å². The van der Waals surface area contributed by atoms with Crippen molar-refractivity contribution in [2.75, 3.05) is 20.1 Å². The highest BCUT2D eigenvalue weighted by molar-refractivity contribution is 7.16. The Morgan fingerprint density at radius 2 is 1.84 bits per heavy atom. The fraction of sp³-hybridized carbons (Fsp3) is 0.362. The van der Waals surface area contributed by atoms with E-state index in [-0.39, 0.29) is 17.4 Å². The monoisotopic (exact) mass is 858 g/mol. The van der Waals surface area contributed by atoms with Gasteiger partial charge in [0.2, 0.25) is 11.2 Å². The van der Waals surface area contributed by atoms with Crippen molar-refractivity contribution in [2.45, 2.75) is 88.3 Å². The number of ether oxygens (including phenoxy) is 1. The van der Waals surface area contributed by atoms with Crippen molar-refractivity contribution in [2.24, 2.45) is 0 Å². The number of hydrogen-bond donors (Lipinski definition) is 5. The molecule has 7 aromatic rings. The molecule has 14 heteroatoms. The molecule has 0 aliphatic heterocycles. The molecule has 316 valence electrons. The molecule has 0 spiro atoms. The molecular weight excluding hydrogens is 809 g/mol. The van der Waals surface area contributed by atoms with Crippen molar-refractivity contribution in [3.05, 3.63) is 133 Å². The summed E-state index contributed by atoms with van der Waals surface area (Å²) in [6.07, 6.45) is 6.16. The first-order valence-corrected chi connectivity index (χ1v) is 22.8. The zero-order valence-corrected chi connectivity index (χ0v) is 35.7. The molecule has 2 aliphatic carbocycles. The van der Waals surface area contributed by atoms with Gasteiger partial charge < -0.3 is 35.3 Å². The molecule has 5 N–H and O–H groups in total. The molecule has 0 radical (unpaired) electrons. The van der Waals surface area contributed by atoms with Crippen LogP contribution in [0.25, 0.3) is 32.4 Å². The number of hydrogen-bond acceptors (Lipinski definition) is 12. The molecule has 0 unspecified atom stereocenters. The van der Waals surface area contributed by atoms with E-state index in [0.29, 0.717) is 45.4 Å². The van der Waals surface area contributed by atoms with E-state index >= 15 is 0 Å². The maximum Gasteiger partial charge on any atom is 0.349 e. The summed E-state index contributed by atoms with van der Waals surface area (Å²) in [4.78, 5) is 32.9. The Kier molecular flexibility index (Phi) is 11.9. The van der Waals surface area contributed by atoms with Crippen LogP contribution in [0.4, 0.5) is 0 Å². The van der Waals surface area contributed by atoms with Crippen LogP contribution in [0, 0.1) is 0 Å². The molecule has 3 aromatic carbocycles. The standard InChI is InChI=1S/C47H50N6O6S2/c1-52(31-13-15-32(16-14-31)59-46(57)47(58,41-12-6-25-60-41)42-21-20-40(61-42)29-8-3-2-4-9-29)23-7-24-53-45-36-11-5-10-33(36)30(26-37(45)50-51-53)27-48-28-39(55)34-17-19-38(54)44-35(34)18-22-43(56)49-44/h2-4,6,8-9,12,17-22,25-26,31-32,39,48,54-55,58H,5,7,10-11,13-16,23-24,27-28H2,1H3,(H,49,56)/t31?,32?,39-,47+/m0/s1. The van der Waals surface area contributed by atoms with Crippen LogP contribution >= 0.6 is 22.7 Å². The number of benzene rings is 3. The number of thiophene rings is 2. The molecular formula is C47H50N6O6S2. The Balaban J connectivity index is 0.780. The predicted molar refractivity (Wildman–Crippen MR) is 239 cm³/mol. The van der Waals surface area contributed by atoms with E-state index in [0.717, 1.165) is 85.9 Å². The molecule has 0 saturated heterocycles. The first-order valence-electron chi connectivity index (χ1n) is 21.1. The van der Waals surface area contributed by atoms with Gasteiger partial charge in [0.15, 0.2) is 0 Å². The first kappa shape index (κ1) is 41.1. The van der Waals surface area contributed by atoms with Gasteiger partial charge in [-0.25, -0.2) is 9.48 Å². The molecule has 9 rings (SSSR count). The average molecular weight is 859 g/mol. The topological polar surface area (TPSA) is 166 Å². The lowest BCUT2D eigenvalue weighted by molar-refractivity contribution is -0.169. The quantitative estimate of drug-likeness (QED) is 0.0667. The second-order valence-electron chi connectivity index (χ2n) is 16.3. The van der Waals surface area contributed by atoms with Crippen LogP contribution in [0.3, 0.4) is 0 Å². The Bertz CT molecular complexity index is 2710. The lowest BCUT2D eigenvalue weighted by Gasteiger charge is -2.35. The smallest absolute Gasteiger partial charge is 0.349 e. The van der Waals surface area contributed by atoms with Gasteiger partial charge in [-0.1, -0.05) is 47.7 Å². The van der Waals surface area contributed by atoms with Crippen molar-refractivity contribution < 1.29 is 24.9 Å². The van der Waals surface area contributed by atoms with E-state index in [1.807, 2.05) is 53.9 Å². The summed E-state index contributed by atoms with van der Waals surface area (Å²) in [5, 5.41) is 48.5. The van der Waals surface area contributed by atoms with Gasteiger partial charge in [0.05, 0.1) is 26.9 Å². The van der Waals surface area contributed by atoms with E-state index in [1.54, 1.807) is 18.2 Å². The van der Waals surface area contributed by atoms with Crippen LogP contribution in [0.1, 0.15) is 76.6 Å². The average Bonchev–Trinajstić information content (AvgIpc) is 4.12. The molecule has 0 bridgehead atoms. The molecule has 1 saturated carbocycles. The SMILES string of the molecule is CN(CCCn1nnc2cc(CNC[C@H](O)c3ccc(O)c4[nH]c(=O)ccc34)c3c(c21)CCC3)C1CCC(OC(=O)[C@@](O)(c2cccs2)c2ccc(-c3ccccc3)s2)CC1. The summed E-state index contributed by atoms with van der Waals surface area (Å²) in [5.74, 6) is -0.643. The van der Waals surface area contributed by atoms with Gasteiger partial charge in [0.1, 0.15) is 17.4 Å². The van der Waals surface area contributed by atoms with Gasteiger partial charge >= 0.3 is 5.97 Å². The van der Waals surface area contributed by atoms with Crippen molar-refractivity contribution >= 4 is 50.6 Å². The lowest BCUT2D eigenvalue weighted by atomic mass is 9.91. The second kappa shape index (κ2) is 17.6.